The number of fused-ring (bicyclic) bond motifs is 1. The molecule has 0 amide bonds. The van der Waals surface area contributed by atoms with Gasteiger partial charge in [0.2, 0.25) is 0 Å². The molecule has 1 heterocycles. The highest BCUT2D eigenvalue weighted by molar-refractivity contribution is 6.37. The van der Waals surface area contributed by atoms with Gasteiger partial charge in [-0.15, -0.1) is 0 Å². The number of hydrogen-bond acceptors (Lipinski definition) is 4. The second-order valence-corrected chi connectivity index (χ2v) is 7.36. The summed E-state index contributed by atoms with van der Waals surface area (Å²) in [6, 6.07) is 9.95. The molecule has 0 aromatic heterocycles. The number of nitrogens with one attached hydrogen (secondary N) is 1. The fourth-order valence-electron chi connectivity index (χ4n) is 3.82. The van der Waals surface area contributed by atoms with Gasteiger partial charge < -0.3 is 10.1 Å². The number of benzene rings is 2. The highest BCUT2D eigenvalue weighted by Crippen LogP contribution is 2.35. The van der Waals surface area contributed by atoms with Crippen LogP contribution >= 0.6 is 11.6 Å². The van der Waals surface area contributed by atoms with Gasteiger partial charge in [-0.1, -0.05) is 49.6 Å². The number of ether oxygens (including phenoxy) is 1. The maximum Gasteiger partial charge on any atom is 0.138 e. The molecule has 3 rings (SSSR count). The molecule has 1 aliphatic heterocycles. The van der Waals surface area contributed by atoms with Crippen LogP contribution in [0.15, 0.2) is 30.3 Å². The lowest BCUT2D eigenvalue weighted by atomic mass is 9.92. The van der Waals surface area contributed by atoms with Gasteiger partial charge in [0.25, 0.3) is 0 Å². The van der Waals surface area contributed by atoms with Crippen molar-refractivity contribution < 1.29 is 9.53 Å². The molecule has 27 heavy (non-hydrogen) atoms. The maximum absolute atomic E-state index is 12.0. The van der Waals surface area contributed by atoms with Gasteiger partial charge in [-0.2, -0.15) is 0 Å². The van der Waals surface area contributed by atoms with Gasteiger partial charge in [0.05, 0.1) is 17.7 Å². The zero-order valence-corrected chi connectivity index (χ0v) is 16.8. The highest BCUT2D eigenvalue weighted by atomic mass is 35.5. The predicted molar refractivity (Wildman–Crippen MR) is 112 cm³/mol. The first-order valence-electron chi connectivity index (χ1n) is 9.66. The van der Waals surface area contributed by atoms with Gasteiger partial charge in [0, 0.05) is 37.6 Å². The van der Waals surface area contributed by atoms with E-state index in [1.807, 2.05) is 30.3 Å². The second kappa shape index (κ2) is 9.38. The topological polar surface area (TPSA) is 41.6 Å². The first-order valence-corrected chi connectivity index (χ1v) is 10.0. The molecule has 1 aliphatic rings. The van der Waals surface area contributed by atoms with E-state index in [0.717, 1.165) is 67.4 Å². The number of methoxy groups -OCH3 is 1. The molecule has 1 saturated heterocycles. The molecule has 0 aliphatic carbocycles. The van der Waals surface area contributed by atoms with E-state index in [9.17, 15) is 4.79 Å². The van der Waals surface area contributed by atoms with Crippen LogP contribution in [-0.4, -0.2) is 50.2 Å². The Morgan fingerprint density at radius 3 is 2.74 bits per heavy atom. The Balaban J connectivity index is 1.98. The molecule has 2 aromatic rings. The van der Waals surface area contributed by atoms with E-state index in [0.29, 0.717) is 10.8 Å². The van der Waals surface area contributed by atoms with Crippen molar-refractivity contribution in [3.8, 4) is 5.75 Å². The van der Waals surface area contributed by atoms with Crippen molar-refractivity contribution in [2.75, 3.05) is 33.3 Å². The Kier molecular flexibility index (Phi) is 6.92. The maximum atomic E-state index is 12.0. The van der Waals surface area contributed by atoms with Crippen molar-refractivity contribution in [2.24, 2.45) is 0 Å². The molecular formula is C22H27ClN2O2. The van der Waals surface area contributed by atoms with E-state index in [1.54, 1.807) is 7.11 Å². The van der Waals surface area contributed by atoms with E-state index >= 15 is 0 Å². The number of carbonyl (C=O) groups excluding carboxylic acids is 1. The average molecular weight is 387 g/mol. The molecular weight excluding hydrogens is 360 g/mol. The van der Waals surface area contributed by atoms with Gasteiger partial charge in [0.1, 0.15) is 11.7 Å². The Hall–Kier alpha value is -1.84. The van der Waals surface area contributed by atoms with Crippen LogP contribution in [0.25, 0.3) is 16.3 Å². The van der Waals surface area contributed by atoms with Gasteiger partial charge >= 0.3 is 0 Å². The Morgan fingerprint density at radius 1 is 1.30 bits per heavy atom. The summed E-state index contributed by atoms with van der Waals surface area (Å²) in [4.78, 5) is 14.4. The fourth-order valence-corrected chi connectivity index (χ4v) is 4.13. The normalized spacial score (nSPS) is 16.1. The van der Waals surface area contributed by atoms with E-state index < -0.39 is 0 Å². The molecule has 0 saturated carbocycles. The zero-order chi connectivity index (χ0) is 19.2. The molecule has 0 radical (unpaired) electrons. The summed E-state index contributed by atoms with van der Waals surface area (Å²) in [6.07, 6.45) is 3.18. The lowest BCUT2D eigenvalue weighted by molar-refractivity contribution is 0.198. The van der Waals surface area contributed by atoms with Crippen molar-refractivity contribution in [1.29, 1.82) is 0 Å². The van der Waals surface area contributed by atoms with Crippen LogP contribution in [0.5, 0.6) is 5.75 Å². The monoisotopic (exact) mass is 386 g/mol. The lowest BCUT2D eigenvalue weighted by Gasteiger charge is -2.35. The smallest absolute Gasteiger partial charge is 0.138 e. The Bertz CT molecular complexity index is 840. The first-order chi connectivity index (χ1) is 13.2. The number of rotatable bonds is 7. The van der Waals surface area contributed by atoms with Crippen molar-refractivity contribution in [1.82, 2.24) is 10.2 Å². The van der Waals surface area contributed by atoms with Gasteiger partial charge in [-0.3, -0.25) is 4.90 Å². The molecule has 1 N–H and O–H groups in total. The average Bonchev–Trinajstić information content (AvgIpc) is 2.72. The first kappa shape index (κ1) is 19.9. The molecule has 1 unspecified atom stereocenters. The summed E-state index contributed by atoms with van der Waals surface area (Å²) in [5.74, 6) is 2.93. The molecule has 1 fully saturated rings. The molecule has 0 bridgehead atoms. The Morgan fingerprint density at radius 2 is 2.07 bits per heavy atom. The molecule has 144 valence electrons. The van der Waals surface area contributed by atoms with E-state index in [2.05, 4.69) is 23.1 Å². The van der Waals surface area contributed by atoms with Crippen molar-refractivity contribution >= 4 is 33.9 Å². The van der Waals surface area contributed by atoms with Gasteiger partial charge in [-0.05, 0) is 29.5 Å². The molecule has 0 spiro atoms. The third-order valence-electron chi connectivity index (χ3n) is 5.32. The van der Waals surface area contributed by atoms with Gasteiger partial charge in [0.15, 0.2) is 0 Å². The van der Waals surface area contributed by atoms with Crippen molar-refractivity contribution in [2.45, 2.75) is 32.2 Å². The molecule has 5 heteroatoms. The largest absolute Gasteiger partial charge is 0.495 e. The van der Waals surface area contributed by atoms with Crippen LogP contribution in [0.1, 0.15) is 31.7 Å². The van der Waals surface area contributed by atoms with Gasteiger partial charge in [-0.25, -0.2) is 4.79 Å². The van der Waals surface area contributed by atoms with E-state index in [4.69, 9.17) is 16.3 Å². The summed E-state index contributed by atoms with van der Waals surface area (Å²) in [7, 11) is 1.61. The second-order valence-electron chi connectivity index (χ2n) is 6.98. The van der Waals surface area contributed by atoms with Crippen LogP contribution in [0.2, 0.25) is 5.02 Å². The van der Waals surface area contributed by atoms with E-state index in [-0.39, 0.29) is 6.04 Å². The minimum Gasteiger partial charge on any atom is -0.495 e. The third-order valence-corrected chi connectivity index (χ3v) is 5.71. The van der Waals surface area contributed by atoms with Crippen LogP contribution in [0, 0.1) is 0 Å². The highest BCUT2D eigenvalue weighted by Gasteiger charge is 2.25. The number of halogens is 1. The zero-order valence-electron chi connectivity index (χ0n) is 16.1. The minimum absolute atomic E-state index is 0.107. The van der Waals surface area contributed by atoms with Crippen molar-refractivity contribution in [3.63, 3.8) is 0 Å². The SMILES string of the molecule is CCCCC(C(=C=O)c1ccc2c(Cl)c(OC)ccc2c1)N1CCNCC1. The van der Waals surface area contributed by atoms with Crippen LogP contribution in [0.3, 0.4) is 0 Å². The number of hydrogen-bond donors (Lipinski definition) is 1. The number of piperazine rings is 1. The van der Waals surface area contributed by atoms with Crippen LogP contribution < -0.4 is 10.1 Å². The standard InChI is InChI=1S/C22H27ClN2O2/c1-3-4-5-20(25-12-10-24-11-13-25)19(15-26)17-6-8-18-16(14-17)7-9-21(27-2)22(18)23/h6-9,14,20,24H,3-5,10-13H2,1-2H3. The number of nitrogens with zero attached hydrogens (tertiary/aromatic N) is 1. The molecule has 4 nitrogen and oxygen atoms in total. The van der Waals surface area contributed by atoms with E-state index in [1.165, 1.54) is 0 Å². The fraction of sp³-hybridized carbons (Fsp3) is 0.455. The summed E-state index contributed by atoms with van der Waals surface area (Å²) in [5, 5.41) is 5.92. The third kappa shape index (κ3) is 4.36. The summed E-state index contributed by atoms with van der Waals surface area (Å²) in [6.45, 7) is 6.01. The van der Waals surface area contributed by atoms with Crippen molar-refractivity contribution in [3.05, 3.63) is 40.9 Å². The minimum atomic E-state index is 0.107. The molecule has 2 aromatic carbocycles. The molecule has 1 atom stereocenters. The summed E-state index contributed by atoms with van der Waals surface area (Å²) < 4.78 is 5.30. The lowest BCUT2D eigenvalue weighted by Crippen LogP contribution is -2.48. The summed E-state index contributed by atoms with van der Waals surface area (Å²) in [5.41, 5.74) is 1.68. The van der Waals surface area contributed by atoms with Crippen LogP contribution in [0.4, 0.5) is 0 Å². The predicted octanol–water partition coefficient (Wildman–Crippen LogP) is 4.18. The Labute approximate surface area is 166 Å². The summed E-state index contributed by atoms with van der Waals surface area (Å²) >= 11 is 6.44. The number of unbranched alkanes of at least 4 members (excludes halogenated alkanes) is 1. The van der Waals surface area contributed by atoms with Crippen LogP contribution in [-0.2, 0) is 4.79 Å². The quantitative estimate of drug-likeness (QED) is 0.725.